The number of halogens is 3. The number of nitrogens with one attached hydrogen (secondary N) is 1. The van der Waals surface area contributed by atoms with Crippen LogP contribution in [0.3, 0.4) is 0 Å². The maximum Gasteiger partial charge on any atom is 0.445 e. The van der Waals surface area contributed by atoms with Crippen molar-refractivity contribution in [1.29, 1.82) is 0 Å². The fourth-order valence-corrected chi connectivity index (χ4v) is 1.87. The van der Waals surface area contributed by atoms with Gasteiger partial charge in [-0.1, -0.05) is 11.3 Å². The van der Waals surface area contributed by atoms with E-state index < -0.39 is 11.2 Å². The predicted molar refractivity (Wildman–Crippen MR) is 63.0 cm³/mol. The molecule has 0 bridgehead atoms. The van der Waals surface area contributed by atoms with Gasteiger partial charge in [0.2, 0.25) is 16.0 Å². The first-order chi connectivity index (χ1) is 8.99. The van der Waals surface area contributed by atoms with Crippen molar-refractivity contribution in [3.8, 4) is 5.88 Å². The molecule has 2 rings (SSSR count). The second-order valence-electron chi connectivity index (χ2n) is 3.47. The van der Waals surface area contributed by atoms with Crippen LogP contribution >= 0.6 is 11.3 Å². The van der Waals surface area contributed by atoms with Gasteiger partial charge in [-0.05, 0) is 11.6 Å². The first kappa shape index (κ1) is 13.5. The molecule has 0 radical (unpaired) electrons. The lowest BCUT2D eigenvalue weighted by Crippen LogP contribution is -2.03. The number of aromatic nitrogens is 3. The number of hydrogen-bond acceptors (Lipinski definition) is 6. The Balaban J connectivity index is 2.00. The number of ether oxygens (including phenoxy) is 1. The van der Waals surface area contributed by atoms with Gasteiger partial charge >= 0.3 is 6.18 Å². The predicted octanol–water partition coefficient (Wildman–Crippen LogP) is 2.57. The Labute approximate surface area is 110 Å². The van der Waals surface area contributed by atoms with Gasteiger partial charge in [-0.2, -0.15) is 13.2 Å². The van der Waals surface area contributed by atoms with Crippen LogP contribution in [0.5, 0.6) is 5.88 Å². The van der Waals surface area contributed by atoms with Gasteiger partial charge in [0.15, 0.2) is 0 Å². The standard InChI is InChI=1S/C10H9F3N4OS/c1-18-7-4-6(2-3-14-7)5-15-9-17-16-8(19-9)10(11,12)13/h2-4H,5H2,1H3,(H,15,17). The Morgan fingerprint density at radius 3 is 2.79 bits per heavy atom. The van der Waals surface area contributed by atoms with Crippen molar-refractivity contribution in [3.05, 3.63) is 28.9 Å². The summed E-state index contributed by atoms with van der Waals surface area (Å²) in [5.74, 6) is 0.438. The highest BCUT2D eigenvalue weighted by atomic mass is 32.1. The molecular formula is C10H9F3N4OS. The Hall–Kier alpha value is -1.90. The normalized spacial score (nSPS) is 11.4. The molecule has 5 nitrogen and oxygen atoms in total. The van der Waals surface area contributed by atoms with E-state index in [1.807, 2.05) is 0 Å². The first-order valence-electron chi connectivity index (χ1n) is 5.12. The SMILES string of the molecule is COc1cc(CNc2nnc(C(F)(F)F)s2)ccn1. The molecule has 0 unspecified atom stereocenters. The third kappa shape index (κ3) is 3.53. The topological polar surface area (TPSA) is 59.9 Å². The van der Waals surface area contributed by atoms with E-state index in [1.54, 1.807) is 18.3 Å². The highest BCUT2D eigenvalue weighted by Gasteiger charge is 2.35. The maximum absolute atomic E-state index is 12.3. The van der Waals surface area contributed by atoms with Crippen molar-refractivity contribution in [2.45, 2.75) is 12.7 Å². The number of pyridine rings is 1. The zero-order valence-electron chi connectivity index (χ0n) is 9.73. The maximum atomic E-state index is 12.3. The molecule has 9 heteroatoms. The molecule has 0 fully saturated rings. The molecule has 0 spiro atoms. The van der Waals surface area contributed by atoms with Crippen LogP contribution in [-0.4, -0.2) is 22.3 Å². The highest BCUT2D eigenvalue weighted by molar-refractivity contribution is 7.15. The summed E-state index contributed by atoms with van der Waals surface area (Å²) >= 11 is 0.464. The third-order valence-corrected chi connectivity index (χ3v) is 3.05. The lowest BCUT2D eigenvalue weighted by Gasteiger charge is -2.04. The molecule has 102 valence electrons. The van der Waals surface area contributed by atoms with Crippen molar-refractivity contribution >= 4 is 16.5 Å². The lowest BCUT2D eigenvalue weighted by atomic mass is 10.3. The van der Waals surface area contributed by atoms with E-state index in [2.05, 4.69) is 20.5 Å². The quantitative estimate of drug-likeness (QED) is 0.937. The van der Waals surface area contributed by atoms with Gasteiger partial charge in [0.1, 0.15) is 0 Å². The van der Waals surface area contributed by atoms with Gasteiger partial charge in [-0.3, -0.25) is 0 Å². The molecule has 0 amide bonds. The van der Waals surface area contributed by atoms with Crippen molar-refractivity contribution in [3.63, 3.8) is 0 Å². The van der Waals surface area contributed by atoms with Crippen molar-refractivity contribution in [1.82, 2.24) is 15.2 Å². The molecule has 2 aromatic rings. The number of nitrogens with zero attached hydrogens (tertiary/aromatic N) is 3. The molecule has 0 aliphatic rings. The van der Waals surface area contributed by atoms with E-state index in [0.717, 1.165) is 5.56 Å². The average Bonchev–Trinajstić information content (AvgIpc) is 2.85. The smallest absolute Gasteiger partial charge is 0.445 e. The second-order valence-corrected chi connectivity index (χ2v) is 4.45. The molecule has 0 atom stereocenters. The summed E-state index contributed by atoms with van der Waals surface area (Å²) in [5.41, 5.74) is 0.815. The van der Waals surface area contributed by atoms with Crippen LogP contribution in [0.25, 0.3) is 0 Å². The summed E-state index contributed by atoms with van der Waals surface area (Å²) in [6.45, 7) is 0.311. The minimum absolute atomic E-state index is 0.114. The summed E-state index contributed by atoms with van der Waals surface area (Å²) in [6, 6.07) is 3.40. The van der Waals surface area contributed by atoms with E-state index in [0.29, 0.717) is 23.8 Å². The molecule has 0 saturated heterocycles. The molecule has 0 saturated carbocycles. The molecule has 2 aromatic heterocycles. The Bertz CT molecular complexity index is 558. The molecule has 1 N–H and O–H groups in total. The number of methoxy groups -OCH3 is 1. The van der Waals surface area contributed by atoms with E-state index in [1.165, 1.54) is 7.11 Å². The molecule has 2 heterocycles. The van der Waals surface area contributed by atoms with Crippen LogP contribution in [0.4, 0.5) is 18.3 Å². The minimum atomic E-state index is -4.46. The van der Waals surface area contributed by atoms with Crippen LogP contribution in [0, 0.1) is 0 Å². The van der Waals surface area contributed by atoms with Gasteiger partial charge in [-0.15, -0.1) is 10.2 Å². The van der Waals surface area contributed by atoms with Crippen LogP contribution in [0.15, 0.2) is 18.3 Å². The third-order valence-electron chi connectivity index (χ3n) is 2.12. The number of hydrogen-bond donors (Lipinski definition) is 1. The molecule has 0 aliphatic carbocycles. The summed E-state index contributed by atoms with van der Waals surface area (Å²) in [7, 11) is 1.49. The van der Waals surface area contributed by atoms with Gasteiger partial charge in [0, 0.05) is 18.8 Å². The summed E-state index contributed by atoms with van der Waals surface area (Å²) in [4.78, 5) is 3.93. The Kier molecular flexibility index (Phi) is 3.84. The zero-order valence-corrected chi connectivity index (χ0v) is 10.5. The van der Waals surface area contributed by atoms with Gasteiger partial charge in [-0.25, -0.2) is 4.98 Å². The summed E-state index contributed by atoms with van der Waals surface area (Å²) < 4.78 is 41.9. The van der Waals surface area contributed by atoms with Crippen LogP contribution in [0.1, 0.15) is 10.6 Å². The average molecular weight is 290 g/mol. The lowest BCUT2D eigenvalue weighted by molar-refractivity contribution is -0.138. The van der Waals surface area contributed by atoms with E-state index in [-0.39, 0.29) is 5.13 Å². The van der Waals surface area contributed by atoms with Crippen molar-refractivity contribution in [2.24, 2.45) is 0 Å². The summed E-state index contributed by atoms with van der Waals surface area (Å²) in [5, 5.41) is 8.42. The van der Waals surface area contributed by atoms with Gasteiger partial charge in [0.05, 0.1) is 7.11 Å². The second kappa shape index (κ2) is 5.39. The van der Waals surface area contributed by atoms with E-state index in [4.69, 9.17) is 4.74 Å². The number of alkyl halides is 3. The monoisotopic (exact) mass is 290 g/mol. The van der Waals surface area contributed by atoms with Crippen molar-refractivity contribution < 1.29 is 17.9 Å². The Morgan fingerprint density at radius 2 is 2.16 bits per heavy atom. The van der Waals surface area contributed by atoms with Crippen LogP contribution < -0.4 is 10.1 Å². The fourth-order valence-electron chi connectivity index (χ4n) is 1.26. The van der Waals surface area contributed by atoms with E-state index >= 15 is 0 Å². The zero-order chi connectivity index (χ0) is 13.9. The molecular weight excluding hydrogens is 281 g/mol. The molecule has 19 heavy (non-hydrogen) atoms. The fraction of sp³-hybridized carbons (Fsp3) is 0.300. The highest BCUT2D eigenvalue weighted by Crippen LogP contribution is 2.33. The largest absolute Gasteiger partial charge is 0.481 e. The van der Waals surface area contributed by atoms with E-state index in [9.17, 15) is 13.2 Å². The van der Waals surface area contributed by atoms with Crippen LogP contribution in [0.2, 0.25) is 0 Å². The first-order valence-corrected chi connectivity index (χ1v) is 5.94. The number of rotatable bonds is 4. The molecule has 0 aliphatic heterocycles. The number of anilines is 1. The Morgan fingerprint density at radius 1 is 1.37 bits per heavy atom. The van der Waals surface area contributed by atoms with Gasteiger partial charge < -0.3 is 10.1 Å². The molecule has 0 aromatic carbocycles. The summed E-state index contributed by atoms with van der Waals surface area (Å²) in [6.07, 6.45) is -2.91. The van der Waals surface area contributed by atoms with Crippen molar-refractivity contribution in [2.75, 3.05) is 12.4 Å². The van der Waals surface area contributed by atoms with Gasteiger partial charge in [0.25, 0.3) is 0 Å². The minimum Gasteiger partial charge on any atom is -0.481 e. The van der Waals surface area contributed by atoms with Crippen LogP contribution in [-0.2, 0) is 12.7 Å².